The second-order valence-electron chi connectivity index (χ2n) is 6.55. The van der Waals surface area contributed by atoms with Crippen LogP contribution in [0.2, 0.25) is 0 Å². The molecule has 0 heterocycles. The van der Waals surface area contributed by atoms with Gasteiger partial charge in [0.05, 0.1) is 12.1 Å². The number of halogens is 1. The fourth-order valence-electron chi connectivity index (χ4n) is 2.70. The number of carbonyl (C=O) groups is 1. The first-order chi connectivity index (χ1) is 9.71. The molecule has 112 valence electrons. The van der Waals surface area contributed by atoms with E-state index < -0.39 is 5.82 Å². The second-order valence-corrected chi connectivity index (χ2v) is 6.55. The van der Waals surface area contributed by atoms with Crippen molar-refractivity contribution in [2.24, 2.45) is 16.6 Å². The number of nitrogens with two attached hydrogens (primary N) is 1. The van der Waals surface area contributed by atoms with Gasteiger partial charge >= 0.3 is 0 Å². The molecule has 0 radical (unpaired) electrons. The van der Waals surface area contributed by atoms with E-state index in [9.17, 15) is 9.18 Å². The van der Waals surface area contributed by atoms with E-state index in [1.54, 1.807) is 6.07 Å². The van der Waals surface area contributed by atoms with Crippen LogP contribution in [0.15, 0.2) is 18.2 Å². The summed E-state index contributed by atoms with van der Waals surface area (Å²) in [5.74, 6) is 4.46. The van der Waals surface area contributed by atoms with Crippen LogP contribution < -0.4 is 11.1 Å². The van der Waals surface area contributed by atoms with Crippen LogP contribution in [-0.2, 0) is 0 Å². The van der Waals surface area contributed by atoms with Crippen molar-refractivity contribution in [2.75, 3.05) is 6.54 Å². The molecule has 2 rings (SSSR count). The van der Waals surface area contributed by atoms with Gasteiger partial charge in [0, 0.05) is 11.6 Å². The molecule has 0 aromatic heterocycles. The van der Waals surface area contributed by atoms with Crippen molar-refractivity contribution in [2.45, 2.75) is 33.7 Å². The highest BCUT2D eigenvalue weighted by molar-refractivity contribution is 5.95. The van der Waals surface area contributed by atoms with Crippen LogP contribution in [0.4, 0.5) is 4.39 Å². The Morgan fingerprint density at radius 1 is 1.33 bits per heavy atom. The number of nitrogens with one attached hydrogen (secondary N) is 1. The van der Waals surface area contributed by atoms with Crippen molar-refractivity contribution >= 4 is 5.91 Å². The highest BCUT2D eigenvalue weighted by Crippen LogP contribution is 2.62. The van der Waals surface area contributed by atoms with Crippen molar-refractivity contribution < 1.29 is 9.18 Å². The van der Waals surface area contributed by atoms with Gasteiger partial charge in [0.2, 0.25) is 0 Å². The van der Waals surface area contributed by atoms with Crippen LogP contribution in [0.5, 0.6) is 0 Å². The number of hydrogen-bond donors (Lipinski definition) is 2. The fraction of sp³-hybridized carbons (Fsp3) is 0.471. The lowest BCUT2D eigenvalue weighted by Gasteiger charge is -2.08. The molecule has 1 fully saturated rings. The van der Waals surface area contributed by atoms with E-state index in [2.05, 4.69) is 44.9 Å². The van der Waals surface area contributed by atoms with Gasteiger partial charge in [0.25, 0.3) is 5.91 Å². The molecule has 21 heavy (non-hydrogen) atoms. The van der Waals surface area contributed by atoms with Crippen LogP contribution in [0.1, 0.15) is 43.6 Å². The molecular weight excluding hydrogens is 267 g/mol. The summed E-state index contributed by atoms with van der Waals surface area (Å²) in [5.41, 5.74) is 5.88. The lowest BCUT2D eigenvalue weighted by atomic mass is 10.0. The molecule has 1 aliphatic carbocycles. The highest BCUT2D eigenvalue weighted by atomic mass is 19.1. The van der Waals surface area contributed by atoms with Crippen molar-refractivity contribution in [1.29, 1.82) is 0 Å². The first kappa shape index (κ1) is 15.5. The monoisotopic (exact) mass is 288 g/mol. The Morgan fingerprint density at radius 2 is 1.95 bits per heavy atom. The first-order valence-corrected chi connectivity index (χ1v) is 7.01. The molecule has 0 aliphatic heterocycles. The molecule has 0 bridgehead atoms. The fourth-order valence-corrected chi connectivity index (χ4v) is 2.70. The molecule has 1 aromatic carbocycles. The van der Waals surface area contributed by atoms with E-state index >= 15 is 0 Å². The van der Waals surface area contributed by atoms with Gasteiger partial charge in [0.1, 0.15) is 5.82 Å². The Labute approximate surface area is 125 Å². The Hall–Kier alpha value is -1.86. The molecule has 3 N–H and O–H groups in total. The molecule has 1 saturated carbocycles. The Kier molecular flexibility index (Phi) is 3.81. The average Bonchev–Trinajstić information content (AvgIpc) is 2.78. The summed E-state index contributed by atoms with van der Waals surface area (Å²) >= 11 is 0. The van der Waals surface area contributed by atoms with Gasteiger partial charge < -0.3 is 11.1 Å². The largest absolute Gasteiger partial charge is 0.348 e. The van der Waals surface area contributed by atoms with Gasteiger partial charge in [-0.25, -0.2) is 4.39 Å². The Bertz CT molecular complexity index is 624. The maximum absolute atomic E-state index is 14.0. The third kappa shape index (κ3) is 2.66. The average molecular weight is 288 g/mol. The van der Waals surface area contributed by atoms with Crippen LogP contribution in [0.3, 0.4) is 0 Å². The van der Waals surface area contributed by atoms with Gasteiger partial charge in [-0.2, -0.15) is 0 Å². The van der Waals surface area contributed by atoms with Crippen molar-refractivity contribution in [3.63, 3.8) is 0 Å². The Morgan fingerprint density at radius 3 is 2.43 bits per heavy atom. The summed E-state index contributed by atoms with van der Waals surface area (Å²) < 4.78 is 14.0. The molecular formula is C17H21FN2O. The van der Waals surface area contributed by atoms with E-state index in [1.165, 1.54) is 12.1 Å². The zero-order chi connectivity index (χ0) is 15.8. The van der Waals surface area contributed by atoms with E-state index in [0.717, 1.165) is 0 Å². The van der Waals surface area contributed by atoms with Crippen LogP contribution in [0.25, 0.3) is 0 Å². The molecule has 4 heteroatoms. The number of hydrogen-bond acceptors (Lipinski definition) is 2. The minimum atomic E-state index is -0.562. The maximum Gasteiger partial charge on any atom is 0.254 e. The van der Waals surface area contributed by atoms with Crippen molar-refractivity contribution in [3.8, 4) is 11.8 Å². The molecule has 0 unspecified atom stereocenters. The Balaban J connectivity index is 2.14. The normalized spacial score (nSPS) is 18.6. The summed E-state index contributed by atoms with van der Waals surface area (Å²) in [6.45, 7) is 8.61. The lowest BCUT2D eigenvalue weighted by Crippen LogP contribution is -2.30. The molecule has 0 saturated heterocycles. The van der Waals surface area contributed by atoms with E-state index in [1.807, 2.05) is 0 Å². The number of rotatable bonds is 2. The SMILES string of the molecule is CC1(C)C(NC(=O)c2ccc(C#CCN)cc2F)C1(C)C. The smallest absolute Gasteiger partial charge is 0.254 e. The zero-order valence-electron chi connectivity index (χ0n) is 12.9. The lowest BCUT2D eigenvalue weighted by molar-refractivity contribution is 0.0939. The van der Waals surface area contributed by atoms with E-state index in [4.69, 9.17) is 5.73 Å². The van der Waals surface area contributed by atoms with Crippen LogP contribution in [-0.4, -0.2) is 18.5 Å². The summed E-state index contributed by atoms with van der Waals surface area (Å²) in [6.07, 6.45) is 0. The predicted molar refractivity (Wildman–Crippen MR) is 81.1 cm³/mol. The zero-order valence-corrected chi connectivity index (χ0v) is 12.9. The minimum absolute atomic E-state index is 0.0195. The topological polar surface area (TPSA) is 55.1 Å². The molecule has 3 nitrogen and oxygen atoms in total. The van der Waals surface area contributed by atoms with Crippen LogP contribution >= 0.6 is 0 Å². The van der Waals surface area contributed by atoms with E-state index in [-0.39, 0.29) is 34.9 Å². The van der Waals surface area contributed by atoms with Gasteiger partial charge in [-0.05, 0) is 29.0 Å². The van der Waals surface area contributed by atoms with Gasteiger partial charge in [-0.3, -0.25) is 4.79 Å². The summed E-state index contributed by atoms with van der Waals surface area (Å²) in [7, 11) is 0. The van der Waals surface area contributed by atoms with Crippen molar-refractivity contribution in [1.82, 2.24) is 5.32 Å². The van der Waals surface area contributed by atoms with Crippen LogP contribution in [0, 0.1) is 28.5 Å². The maximum atomic E-state index is 14.0. The first-order valence-electron chi connectivity index (χ1n) is 7.01. The minimum Gasteiger partial charge on any atom is -0.348 e. The second kappa shape index (κ2) is 5.16. The summed E-state index contributed by atoms with van der Waals surface area (Å²) in [4.78, 5) is 12.2. The number of amides is 1. The molecule has 1 aromatic rings. The van der Waals surface area contributed by atoms with E-state index in [0.29, 0.717) is 5.56 Å². The summed E-state index contributed by atoms with van der Waals surface area (Å²) in [6, 6.07) is 4.41. The molecule has 1 aliphatic rings. The quantitative estimate of drug-likeness (QED) is 0.820. The molecule has 1 amide bonds. The highest BCUT2D eigenvalue weighted by Gasteiger charge is 2.65. The third-order valence-corrected chi connectivity index (χ3v) is 4.84. The number of benzene rings is 1. The number of carbonyl (C=O) groups excluding carboxylic acids is 1. The molecule has 0 spiro atoms. The van der Waals surface area contributed by atoms with Gasteiger partial charge in [-0.15, -0.1) is 0 Å². The summed E-state index contributed by atoms with van der Waals surface area (Å²) in [5, 5.41) is 2.92. The predicted octanol–water partition coefficient (Wildman–Crippen LogP) is 2.30. The standard InChI is InChI=1S/C17H21FN2O/c1-16(2)15(17(16,3)4)20-14(21)12-8-7-11(6-5-9-19)10-13(12)18/h7-8,10,15H,9,19H2,1-4H3,(H,20,21). The third-order valence-electron chi connectivity index (χ3n) is 4.84. The van der Waals surface area contributed by atoms with Crippen molar-refractivity contribution in [3.05, 3.63) is 35.1 Å². The molecule has 0 atom stereocenters. The van der Waals surface area contributed by atoms with Gasteiger partial charge in [0.15, 0.2) is 0 Å². The van der Waals surface area contributed by atoms with Gasteiger partial charge in [-0.1, -0.05) is 39.5 Å².